The number of carbonyl (C=O) groups excluding carboxylic acids is 2. The van der Waals surface area contributed by atoms with Crippen molar-refractivity contribution >= 4 is 17.5 Å². The van der Waals surface area contributed by atoms with Crippen molar-refractivity contribution in [1.82, 2.24) is 15.1 Å². The maximum atomic E-state index is 13.2. The number of imide groups is 1. The second-order valence-electron chi connectivity index (χ2n) is 7.57. The number of rotatable bonds is 6. The number of ether oxygens (including phenoxy) is 2. The smallest absolute Gasteiger partial charge is 0.263 e. The normalized spacial score (nSPS) is 19.4. The Morgan fingerprint density at radius 3 is 2.58 bits per heavy atom. The van der Waals surface area contributed by atoms with Crippen LogP contribution in [0.15, 0.2) is 57.3 Å². The number of aryl methyl sites for hydroxylation is 1. The molecule has 0 N–H and O–H groups in total. The number of fused-ring (bicyclic) bond motifs is 1. The van der Waals surface area contributed by atoms with Crippen molar-refractivity contribution < 1.29 is 23.6 Å². The van der Waals surface area contributed by atoms with Gasteiger partial charge in [0.05, 0.1) is 19.9 Å². The van der Waals surface area contributed by atoms with Crippen molar-refractivity contribution in [2.24, 2.45) is 10.3 Å². The SMILES string of the molecule is COc1ccc(N2C(=O)C3N=NN(Cc4nc(-c5ccccc5C)no4)C3C2=O)cc1OC. The van der Waals surface area contributed by atoms with Crippen LogP contribution >= 0.6 is 0 Å². The Hall–Kier alpha value is -4.28. The van der Waals surface area contributed by atoms with Crippen LogP contribution in [0.3, 0.4) is 0 Å². The number of amides is 2. The quantitative estimate of drug-likeness (QED) is 0.527. The monoisotopic (exact) mass is 448 g/mol. The van der Waals surface area contributed by atoms with Crippen LogP contribution in [0.25, 0.3) is 11.4 Å². The third-order valence-corrected chi connectivity index (χ3v) is 5.63. The molecule has 2 aliphatic rings. The Morgan fingerprint density at radius 1 is 1.03 bits per heavy atom. The molecule has 3 heterocycles. The molecule has 33 heavy (non-hydrogen) atoms. The van der Waals surface area contributed by atoms with Gasteiger partial charge in [-0.25, -0.2) is 4.90 Å². The van der Waals surface area contributed by atoms with Crippen LogP contribution in [0.1, 0.15) is 11.5 Å². The average Bonchev–Trinajstić information content (AvgIpc) is 3.52. The summed E-state index contributed by atoms with van der Waals surface area (Å²) in [5, 5.41) is 13.5. The zero-order valence-corrected chi connectivity index (χ0v) is 18.1. The highest BCUT2D eigenvalue weighted by Crippen LogP contribution is 2.37. The summed E-state index contributed by atoms with van der Waals surface area (Å²) in [6.07, 6.45) is 0. The molecule has 0 saturated carbocycles. The summed E-state index contributed by atoms with van der Waals surface area (Å²) in [4.78, 5) is 31.7. The van der Waals surface area contributed by atoms with Gasteiger partial charge in [0.15, 0.2) is 23.6 Å². The second-order valence-corrected chi connectivity index (χ2v) is 7.57. The minimum Gasteiger partial charge on any atom is -0.493 e. The molecule has 2 aromatic carbocycles. The number of hydrogen-bond donors (Lipinski definition) is 0. The molecule has 3 aromatic rings. The van der Waals surface area contributed by atoms with Crippen LogP contribution in [0, 0.1) is 6.92 Å². The molecule has 0 aliphatic carbocycles. The summed E-state index contributed by atoms with van der Waals surface area (Å²) in [6, 6.07) is 10.7. The number of benzene rings is 2. The lowest BCUT2D eigenvalue weighted by Crippen LogP contribution is -2.39. The Bertz CT molecular complexity index is 1270. The van der Waals surface area contributed by atoms with Gasteiger partial charge in [-0.15, -0.1) is 0 Å². The highest BCUT2D eigenvalue weighted by atomic mass is 16.5. The van der Waals surface area contributed by atoms with Gasteiger partial charge in [0.25, 0.3) is 11.8 Å². The number of nitrogens with zero attached hydrogens (tertiary/aromatic N) is 6. The fourth-order valence-electron chi connectivity index (χ4n) is 3.96. The largest absolute Gasteiger partial charge is 0.493 e. The number of aromatic nitrogens is 2. The van der Waals surface area contributed by atoms with Gasteiger partial charge in [0.1, 0.15) is 6.54 Å². The van der Waals surface area contributed by atoms with E-state index >= 15 is 0 Å². The van der Waals surface area contributed by atoms with Gasteiger partial charge in [-0.3, -0.25) is 14.6 Å². The van der Waals surface area contributed by atoms with Crippen LogP contribution < -0.4 is 14.4 Å². The van der Waals surface area contributed by atoms with Crippen LogP contribution in [-0.4, -0.2) is 53.3 Å². The number of anilines is 1. The molecule has 11 heteroatoms. The van der Waals surface area contributed by atoms with Crippen molar-refractivity contribution in [3.05, 3.63) is 53.9 Å². The molecular formula is C22H20N6O5. The van der Waals surface area contributed by atoms with E-state index in [1.54, 1.807) is 18.2 Å². The predicted octanol–water partition coefficient (Wildman–Crippen LogP) is 2.56. The Labute approximate surface area is 188 Å². The molecule has 2 amide bonds. The van der Waals surface area contributed by atoms with Crippen LogP contribution in [-0.2, 0) is 16.1 Å². The first kappa shape index (κ1) is 20.6. The Kier molecular flexibility index (Phi) is 5.00. The molecule has 1 saturated heterocycles. The van der Waals surface area contributed by atoms with Crippen molar-refractivity contribution in [3.8, 4) is 22.9 Å². The molecule has 0 bridgehead atoms. The minimum absolute atomic E-state index is 0.0440. The van der Waals surface area contributed by atoms with E-state index in [9.17, 15) is 9.59 Å². The molecule has 1 fully saturated rings. The lowest BCUT2D eigenvalue weighted by molar-refractivity contribution is -0.123. The standard InChI is InChI=1S/C22H20N6O5/c1-12-6-4-5-7-14(12)20-23-17(33-25-20)11-27-19-18(24-26-27)21(29)28(22(19)30)13-8-9-15(31-2)16(10-13)32-3/h4-10,18-19H,11H2,1-3H3. The average molecular weight is 448 g/mol. The fraction of sp³-hybridized carbons (Fsp3) is 0.273. The third kappa shape index (κ3) is 3.37. The molecule has 5 rings (SSSR count). The van der Waals surface area contributed by atoms with Crippen molar-refractivity contribution in [2.75, 3.05) is 19.1 Å². The van der Waals surface area contributed by atoms with Crippen LogP contribution in [0.4, 0.5) is 5.69 Å². The van der Waals surface area contributed by atoms with E-state index in [4.69, 9.17) is 14.0 Å². The molecule has 1 aromatic heterocycles. The van der Waals surface area contributed by atoms with E-state index in [-0.39, 0.29) is 12.4 Å². The predicted molar refractivity (Wildman–Crippen MR) is 114 cm³/mol. The molecule has 168 valence electrons. The molecule has 2 atom stereocenters. The summed E-state index contributed by atoms with van der Waals surface area (Å²) >= 11 is 0. The first-order valence-electron chi connectivity index (χ1n) is 10.2. The summed E-state index contributed by atoms with van der Waals surface area (Å²) in [5.41, 5.74) is 2.22. The van der Waals surface area contributed by atoms with Crippen molar-refractivity contribution in [3.63, 3.8) is 0 Å². The summed E-state index contributed by atoms with van der Waals surface area (Å²) < 4.78 is 15.9. The minimum atomic E-state index is -0.940. The van der Waals surface area contributed by atoms with Crippen molar-refractivity contribution in [2.45, 2.75) is 25.6 Å². The van der Waals surface area contributed by atoms with E-state index in [1.165, 1.54) is 19.2 Å². The molecular weight excluding hydrogens is 428 g/mol. The molecule has 0 spiro atoms. The van der Waals surface area contributed by atoms with Crippen molar-refractivity contribution in [1.29, 1.82) is 0 Å². The fourth-order valence-corrected chi connectivity index (χ4v) is 3.96. The zero-order chi connectivity index (χ0) is 23.1. The van der Waals surface area contributed by atoms with Gasteiger partial charge in [-0.2, -0.15) is 10.1 Å². The molecule has 2 unspecified atom stereocenters. The topological polar surface area (TPSA) is 123 Å². The van der Waals surface area contributed by atoms with Gasteiger partial charge < -0.3 is 14.0 Å². The Morgan fingerprint density at radius 2 is 1.82 bits per heavy atom. The molecule has 11 nitrogen and oxygen atoms in total. The van der Waals surface area contributed by atoms with Gasteiger partial charge in [-0.05, 0) is 24.6 Å². The summed E-state index contributed by atoms with van der Waals surface area (Å²) in [5.74, 6) is 0.688. The highest BCUT2D eigenvalue weighted by molar-refractivity contribution is 6.25. The van der Waals surface area contributed by atoms with E-state index in [0.29, 0.717) is 23.0 Å². The number of hydrogen-bond acceptors (Lipinski definition) is 10. The highest BCUT2D eigenvalue weighted by Gasteiger charge is 2.55. The van der Waals surface area contributed by atoms with E-state index in [2.05, 4.69) is 20.5 Å². The van der Waals surface area contributed by atoms with Crippen LogP contribution in [0.5, 0.6) is 11.5 Å². The van der Waals surface area contributed by atoms with Crippen LogP contribution in [0.2, 0.25) is 0 Å². The van der Waals surface area contributed by atoms with E-state index in [1.807, 2.05) is 31.2 Å². The van der Waals surface area contributed by atoms with E-state index < -0.39 is 23.9 Å². The molecule has 2 aliphatic heterocycles. The van der Waals surface area contributed by atoms with Gasteiger partial charge in [0, 0.05) is 11.6 Å². The van der Waals surface area contributed by atoms with Gasteiger partial charge in [-0.1, -0.05) is 34.6 Å². The lowest BCUT2D eigenvalue weighted by Gasteiger charge is -2.20. The second kappa shape index (κ2) is 8.01. The summed E-state index contributed by atoms with van der Waals surface area (Å²) in [7, 11) is 2.99. The van der Waals surface area contributed by atoms with Gasteiger partial charge in [0.2, 0.25) is 11.7 Å². The zero-order valence-electron chi connectivity index (χ0n) is 18.1. The lowest BCUT2D eigenvalue weighted by atomic mass is 10.1. The molecule has 0 radical (unpaired) electrons. The van der Waals surface area contributed by atoms with E-state index in [0.717, 1.165) is 16.0 Å². The maximum absolute atomic E-state index is 13.2. The number of carbonyl (C=O) groups is 2. The summed E-state index contributed by atoms with van der Waals surface area (Å²) in [6.45, 7) is 2.00. The number of methoxy groups -OCH3 is 2. The first-order chi connectivity index (χ1) is 16.0. The van der Waals surface area contributed by atoms with Gasteiger partial charge >= 0.3 is 0 Å². The first-order valence-corrected chi connectivity index (χ1v) is 10.2. The maximum Gasteiger partial charge on any atom is 0.263 e. The third-order valence-electron chi connectivity index (χ3n) is 5.63. The Balaban J connectivity index is 1.38.